The lowest BCUT2D eigenvalue weighted by Crippen LogP contribution is -2.59. The highest BCUT2D eigenvalue weighted by Gasteiger charge is 2.38. The van der Waals surface area contributed by atoms with Gasteiger partial charge in [-0.1, -0.05) is 111 Å². The van der Waals surface area contributed by atoms with E-state index in [1.54, 1.807) is 6.92 Å². The number of carboxylic acid groups (broad SMARTS) is 3. The van der Waals surface area contributed by atoms with Gasteiger partial charge in [0.15, 0.2) is 0 Å². The van der Waals surface area contributed by atoms with E-state index in [0.717, 1.165) is 12.8 Å². The molecule has 2 N–H and O–H groups in total. The lowest BCUT2D eigenvalue weighted by atomic mass is 9.96. The van der Waals surface area contributed by atoms with Crippen LogP contribution < -0.4 is 5.11 Å². The van der Waals surface area contributed by atoms with Crippen LogP contribution in [0.1, 0.15) is 137 Å². The summed E-state index contributed by atoms with van der Waals surface area (Å²) in [5.74, 6) is -5.10. The van der Waals surface area contributed by atoms with Gasteiger partial charge in [-0.3, -0.25) is 9.59 Å². The van der Waals surface area contributed by atoms with Crippen LogP contribution in [-0.2, 0) is 14.4 Å². The first-order valence-electron chi connectivity index (χ1n) is 16.3. The Morgan fingerprint density at radius 3 is 1.32 bits per heavy atom. The van der Waals surface area contributed by atoms with Gasteiger partial charge in [-0.15, -0.1) is 0 Å². The highest BCUT2D eigenvalue weighted by atomic mass is 16.4. The molecule has 0 aromatic carbocycles. The fourth-order valence-corrected chi connectivity index (χ4v) is 5.68. The topological polar surface area (TPSA) is 115 Å². The second-order valence-corrected chi connectivity index (χ2v) is 11.9. The van der Waals surface area contributed by atoms with Gasteiger partial charge in [0.2, 0.25) is 0 Å². The number of hydrogen-bond acceptors (Lipinski definition) is 4. The van der Waals surface area contributed by atoms with Crippen molar-refractivity contribution in [2.45, 2.75) is 137 Å². The molecule has 0 aliphatic carbocycles. The number of aliphatic carboxylic acids is 3. The maximum Gasteiger partial charge on any atom is 0.312 e. The molecule has 0 radical (unpaired) electrons. The van der Waals surface area contributed by atoms with Crippen molar-refractivity contribution < 1.29 is 34.2 Å². The molecule has 0 saturated heterocycles. The molecule has 0 rings (SSSR count). The first kappa shape index (κ1) is 38.1. The fourth-order valence-electron chi connectivity index (χ4n) is 5.68. The standard InChI is InChI=1S/C33H61NO6/c1-5-9-10-11-12-13-14-15-16-17-18-19-20-21-22-23-24-34(25-28(6-2)31(35)36,26-29(7-3)32(37)38)27-30(8-4)33(39)40/h22-23,28-30H,5-21,24-27H2,1-4H3,(H2-,35,36,37,38,39,40)/b23-22+. The minimum absolute atomic E-state index is 0.136. The van der Waals surface area contributed by atoms with Crippen LogP contribution in [0.4, 0.5) is 0 Å². The van der Waals surface area contributed by atoms with Gasteiger partial charge in [0.1, 0.15) is 11.8 Å². The Morgan fingerprint density at radius 1 is 0.600 bits per heavy atom. The Labute approximate surface area is 245 Å². The molecule has 0 amide bonds. The summed E-state index contributed by atoms with van der Waals surface area (Å²) in [5.41, 5.74) is 0. The van der Waals surface area contributed by atoms with Crippen molar-refractivity contribution >= 4 is 17.9 Å². The Hall–Kier alpha value is -1.89. The second-order valence-electron chi connectivity index (χ2n) is 11.9. The third kappa shape index (κ3) is 17.7. The number of nitrogens with zero attached hydrogens (tertiary/aromatic N) is 1. The van der Waals surface area contributed by atoms with E-state index < -0.39 is 35.7 Å². The lowest BCUT2D eigenvalue weighted by molar-refractivity contribution is -0.929. The predicted octanol–water partition coefficient (Wildman–Crippen LogP) is 6.84. The molecule has 0 aliphatic heterocycles. The second kappa shape index (κ2) is 23.8. The van der Waals surface area contributed by atoms with E-state index in [9.17, 15) is 29.7 Å². The van der Waals surface area contributed by atoms with Crippen molar-refractivity contribution in [3.8, 4) is 0 Å². The number of carboxylic acids is 3. The molecule has 234 valence electrons. The lowest BCUT2D eigenvalue weighted by Gasteiger charge is -2.43. The maximum atomic E-state index is 11.9. The number of rotatable bonds is 28. The number of carbonyl (C=O) groups excluding carboxylic acids is 1. The van der Waals surface area contributed by atoms with Gasteiger partial charge in [-0.2, -0.15) is 0 Å². The number of unbranched alkanes of at least 4 members (excludes halogenated alkanes) is 13. The summed E-state index contributed by atoms with van der Waals surface area (Å²) in [5, 5.41) is 31.4. The predicted molar refractivity (Wildman–Crippen MR) is 161 cm³/mol. The molecule has 0 aliphatic rings. The Morgan fingerprint density at radius 2 is 0.975 bits per heavy atom. The van der Waals surface area contributed by atoms with Gasteiger partial charge < -0.3 is 24.6 Å². The molecular weight excluding hydrogens is 506 g/mol. The zero-order valence-corrected chi connectivity index (χ0v) is 26.2. The molecule has 0 fully saturated rings. The van der Waals surface area contributed by atoms with Crippen LogP contribution in [-0.4, -0.2) is 58.8 Å². The van der Waals surface area contributed by atoms with Crippen LogP contribution in [0.15, 0.2) is 12.2 Å². The Kier molecular flexibility index (Phi) is 22.7. The van der Waals surface area contributed by atoms with Crippen LogP contribution in [0.3, 0.4) is 0 Å². The van der Waals surface area contributed by atoms with Crippen LogP contribution in [0.2, 0.25) is 0 Å². The van der Waals surface area contributed by atoms with E-state index >= 15 is 0 Å². The monoisotopic (exact) mass is 567 g/mol. The van der Waals surface area contributed by atoms with Crippen LogP contribution in [0.25, 0.3) is 0 Å². The fraction of sp³-hybridized carbons (Fsp3) is 0.848. The van der Waals surface area contributed by atoms with Crippen molar-refractivity contribution in [1.82, 2.24) is 0 Å². The van der Waals surface area contributed by atoms with E-state index in [1.165, 1.54) is 77.0 Å². The summed E-state index contributed by atoms with van der Waals surface area (Å²) in [7, 11) is 0. The summed E-state index contributed by atoms with van der Waals surface area (Å²) in [6.45, 7) is 8.67. The summed E-state index contributed by atoms with van der Waals surface area (Å²) in [6.07, 6.45) is 23.2. The van der Waals surface area contributed by atoms with Crippen molar-refractivity contribution in [2.75, 3.05) is 26.2 Å². The normalized spacial score (nSPS) is 15.5. The molecule has 7 nitrogen and oxygen atoms in total. The minimum Gasteiger partial charge on any atom is -0.550 e. The van der Waals surface area contributed by atoms with Gasteiger partial charge >= 0.3 is 11.9 Å². The summed E-state index contributed by atoms with van der Waals surface area (Å²) >= 11 is 0. The third-order valence-electron chi connectivity index (χ3n) is 8.47. The SMILES string of the molecule is CCCCCCCCCCCCCCC/C=C/C[N+](CC(CC)C(=O)[O-])(CC(CC)C(=O)O)CC(CC)C(=O)O. The van der Waals surface area contributed by atoms with Crippen molar-refractivity contribution in [1.29, 1.82) is 0 Å². The number of hydrogen-bond donors (Lipinski definition) is 2. The van der Waals surface area contributed by atoms with E-state index in [0.29, 0.717) is 25.8 Å². The summed E-state index contributed by atoms with van der Waals surface area (Å²) in [4.78, 5) is 35.7. The van der Waals surface area contributed by atoms with E-state index in [1.807, 2.05) is 19.9 Å². The quantitative estimate of drug-likeness (QED) is 0.0608. The summed E-state index contributed by atoms with van der Waals surface area (Å²) in [6, 6.07) is 0. The van der Waals surface area contributed by atoms with Gasteiger partial charge in [0.05, 0.1) is 32.1 Å². The highest BCUT2D eigenvalue weighted by Crippen LogP contribution is 2.24. The molecule has 0 spiro atoms. The van der Waals surface area contributed by atoms with E-state index in [2.05, 4.69) is 13.0 Å². The minimum atomic E-state index is -1.16. The van der Waals surface area contributed by atoms with E-state index in [-0.39, 0.29) is 24.1 Å². The molecule has 40 heavy (non-hydrogen) atoms. The van der Waals surface area contributed by atoms with Crippen LogP contribution >= 0.6 is 0 Å². The van der Waals surface area contributed by atoms with Crippen LogP contribution in [0.5, 0.6) is 0 Å². The third-order valence-corrected chi connectivity index (χ3v) is 8.47. The van der Waals surface area contributed by atoms with Gasteiger partial charge in [0, 0.05) is 5.92 Å². The average molecular weight is 568 g/mol. The number of carbonyl (C=O) groups is 3. The summed E-state index contributed by atoms with van der Waals surface area (Å²) < 4.78 is 0.136. The van der Waals surface area contributed by atoms with Crippen LogP contribution in [0, 0.1) is 17.8 Å². The molecule has 0 saturated carbocycles. The molecule has 0 aromatic rings. The first-order valence-corrected chi connectivity index (χ1v) is 16.3. The highest BCUT2D eigenvalue weighted by molar-refractivity contribution is 5.71. The average Bonchev–Trinajstić information content (AvgIpc) is 2.92. The zero-order chi connectivity index (χ0) is 30.2. The van der Waals surface area contributed by atoms with E-state index in [4.69, 9.17) is 0 Å². The maximum absolute atomic E-state index is 11.9. The largest absolute Gasteiger partial charge is 0.550 e. The van der Waals surface area contributed by atoms with Crippen molar-refractivity contribution in [3.05, 3.63) is 12.2 Å². The Bertz CT molecular complexity index is 647. The molecule has 0 bridgehead atoms. The van der Waals surface area contributed by atoms with Gasteiger partial charge in [0.25, 0.3) is 0 Å². The molecule has 0 aromatic heterocycles. The van der Waals surface area contributed by atoms with Gasteiger partial charge in [-0.05, 0) is 38.2 Å². The number of allylic oxidation sites excluding steroid dienone is 1. The molecule has 3 unspecified atom stereocenters. The molecule has 3 atom stereocenters. The first-order chi connectivity index (χ1) is 19.2. The zero-order valence-electron chi connectivity index (χ0n) is 26.2. The van der Waals surface area contributed by atoms with Crippen molar-refractivity contribution in [2.24, 2.45) is 17.8 Å². The smallest absolute Gasteiger partial charge is 0.312 e. The Balaban J connectivity index is 4.96. The molecule has 0 heterocycles. The van der Waals surface area contributed by atoms with Gasteiger partial charge in [-0.25, -0.2) is 0 Å². The molecule has 7 heteroatoms. The van der Waals surface area contributed by atoms with Crippen molar-refractivity contribution in [3.63, 3.8) is 0 Å². The molecular formula is C33H61NO6. The number of quaternary nitrogens is 1.